The molecule has 0 radical (unpaired) electrons. The van der Waals surface area contributed by atoms with E-state index in [9.17, 15) is 14.7 Å². The minimum atomic E-state index is -0.981. The Hall–Kier alpha value is -3.61. The average molecular weight is 408 g/mol. The zero-order valence-electron chi connectivity index (χ0n) is 17.1. The summed E-state index contributed by atoms with van der Waals surface area (Å²) in [5.41, 5.74) is 2.10. The Balaban J connectivity index is 1.67. The average Bonchev–Trinajstić information content (AvgIpc) is 2.69. The molecular weight excluding hydrogens is 384 g/mol. The Morgan fingerprint density at radius 1 is 1.07 bits per heavy atom. The van der Waals surface area contributed by atoms with E-state index in [1.165, 1.54) is 12.3 Å². The molecule has 0 unspecified atom stereocenters. The molecule has 3 aromatic rings. The van der Waals surface area contributed by atoms with Gasteiger partial charge in [0.15, 0.2) is 0 Å². The maximum atomic E-state index is 11.7. The van der Waals surface area contributed by atoms with Gasteiger partial charge in [-0.1, -0.05) is 24.3 Å². The van der Waals surface area contributed by atoms with E-state index in [4.69, 9.17) is 9.47 Å². The number of pyridine rings is 1. The molecule has 0 spiro atoms. The van der Waals surface area contributed by atoms with E-state index >= 15 is 0 Å². The second-order valence-electron chi connectivity index (χ2n) is 7.70. The van der Waals surface area contributed by atoms with Crippen molar-refractivity contribution in [1.82, 2.24) is 10.3 Å². The molecule has 3 rings (SSSR count). The number of carboxylic acid groups (broad SMARTS) is 1. The summed E-state index contributed by atoms with van der Waals surface area (Å²) in [4.78, 5) is 27.3. The van der Waals surface area contributed by atoms with E-state index in [2.05, 4.69) is 10.3 Å². The number of amides is 1. The Labute approximate surface area is 174 Å². The van der Waals surface area contributed by atoms with Gasteiger partial charge < -0.3 is 19.9 Å². The lowest BCUT2D eigenvalue weighted by Gasteiger charge is -2.19. The van der Waals surface area contributed by atoms with Crippen LogP contribution in [0.3, 0.4) is 0 Å². The third-order valence-electron chi connectivity index (χ3n) is 4.18. The van der Waals surface area contributed by atoms with Crippen LogP contribution in [-0.4, -0.2) is 40.9 Å². The summed E-state index contributed by atoms with van der Waals surface area (Å²) in [6.45, 7) is 6.03. The number of carbonyl (C=O) groups excluding carboxylic acids is 1. The first kappa shape index (κ1) is 21.1. The minimum absolute atomic E-state index is 0.223. The Morgan fingerprint density at radius 3 is 2.57 bits per heavy atom. The van der Waals surface area contributed by atoms with Gasteiger partial charge in [0.2, 0.25) is 0 Å². The molecule has 156 valence electrons. The summed E-state index contributed by atoms with van der Waals surface area (Å²) in [5, 5.41) is 12.6. The number of carbonyl (C=O) groups is 2. The number of nitrogens with zero attached hydrogens (tertiary/aromatic N) is 1. The van der Waals surface area contributed by atoms with Crippen LogP contribution in [0.4, 0.5) is 4.79 Å². The first-order valence-electron chi connectivity index (χ1n) is 9.55. The summed E-state index contributed by atoms with van der Waals surface area (Å²) in [7, 11) is 0. The van der Waals surface area contributed by atoms with Crippen LogP contribution in [0.2, 0.25) is 0 Å². The number of fused-ring (bicyclic) bond motifs is 1. The van der Waals surface area contributed by atoms with E-state index in [1.807, 2.05) is 36.4 Å². The number of aromatic carboxylic acids is 1. The lowest BCUT2D eigenvalue weighted by atomic mass is 10.0. The fraction of sp³-hybridized carbons (Fsp3) is 0.261. The lowest BCUT2D eigenvalue weighted by Crippen LogP contribution is -2.34. The van der Waals surface area contributed by atoms with Crippen LogP contribution in [0.5, 0.6) is 5.75 Å². The quantitative estimate of drug-likeness (QED) is 0.583. The predicted molar refractivity (Wildman–Crippen MR) is 114 cm³/mol. The van der Waals surface area contributed by atoms with Crippen LogP contribution >= 0.6 is 0 Å². The molecule has 0 atom stereocenters. The maximum absolute atomic E-state index is 11.7. The largest absolute Gasteiger partial charge is 0.492 e. The third-order valence-corrected chi connectivity index (χ3v) is 4.18. The number of aromatic nitrogens is 1. The summed E-state index contributed by atoms with van der Waals surface area (Å²) >= 11 is 0. The molecule has 0 aliphatic rings. The summed E-state index contributed by atoms with van der Waals surface area (Å²) < 4.78 is 10.9. The van der Waals surface area contributed by atoms with Crippen molar-refractivity contribution in [3.8, 4) is 16.9 Å². The van der Waals surface area contributed by atoms with E-state index in [0.29, 0.717) is 29.8 Å². The summed E-state index contributed by atoms with van der Waals surface area (Å²) in [6.07, 6.45) is 1.01. The fourth-order valence-corrected chi connectivity index (χ4v) is 2.92. The van der Waals surface area contributed by atoms with Crippen molar-refractivity contribution < 1.29 is 24.2 Å². The smallest absolute Gasteiger partial charge is 0.407 e. The molecule has 7 heteroatoms. The molecule has 0 aliphatic carbocycles. The van der Waals surface area contributed by atoms with Gasteiger partial charge in [0.05, 0.1) is 17.6 Å². The van der Waals surface area contributed by atoms with E-state index in [-0.39, 0.29) is 5.56 Å². The molecule has 7 nitrogen and oxygen atoms in total. The van der Waals surface area contributed by atoms with Gasteiger partial charge in [0.1, 0.15) is 18.0 Å². The topological polar surface area (TPSA) is 97.8 Å². The molecule has 0 aliphatic heterocycles. The van der Waals surface area contributed by atoms with Crippen molar-refractivity contribution in [1.29, 1.82) is 0 Å². The summed E-state index contributed by atoms with van der Waals surface area (Å²) in [5.74, 6) is -0.323. The van der Waals surface area contributed by atoms with Crippen molar-refractivity contribution in [2.75, 3.05) is 13.2 Å². The third kappa shape index (κ3) is 5.47. The highest BCUT2D eigenvalue weighted by Crippen LogP contribution is 2.27. The van der Waals surface area contributed by atoms with Gasteiger partial charge in [-0.15, -0.1) is 0 Å². The normalized spacial score (nSPS) is 11.2. The van der Waals surface area contributed by atoms with E-state index < -0.39 is 17.7 Å². The number of benzene rings is 2. The van der Waals surface area contributed by atoms with Crippen molar-refractivity contribution in [3.63, 3.8) is 0 Å². The molecule has 0 saturated carbocycles. The standard InChI is InChI=1S/C23H24N2O5/c1-23(2,3)30-22(28)25-11-12-29-17-6-4-5-15(13-17)16-7-8-18-19(21(26)27)9-10-24-20(18)14-16/h4-10,13-14H,11-12H2,1-3H3,(H,25,28)(H,26,27). The van der Waals surface area contributed by atoms with Crippen LogP contribution in [0, 0.1) is 0 Å². The zero-order chi connectivity index (χ0) is 21.7. The number of ether oxygens (including phenoxy) is 2. The lowest BCUT2D eigenvalue weighted by molar-refractivity contribution is 0.0519. The molecule has 1 amide bonds. The first-order valence-corrected chi connectivity index (χ1v) is 9.55. The number of hydrogen-bond donors (Lipinski definition) is 2. The van der Waals surface area contributed by atoms with Crippen molar-refractivity contribution >= 4 is 23.0 Å². The molecule has 1 aromatic heterocycles. The Bertz CT molecular complexity index is 1070. The van der Waals surface area contributed by atoms with Crippen molar-refractivity contribution in [2.45, 2.75) is 26.4 Å². The van der Waals surface area contributed by atoms with Crippen molar-refractivity contribution in [2.24, 2.45) is 0 Å². The van der Waals surface area contributed by atoms with Crippen LogP contribution in [0.1, 0.15) is 31.1 Å². The van der Waals surface area contributed by atoms with Crippen LogP contribution in [-0.2, 0) is 4.74 Å². The number of nitrogens with one attached hydrogen (secondary N) is 1. The molecule has 0 bridgehead atoms. The monoisotopic (exact) mass is 408 g/mol. The minimum Gasteiger partial charge on any atom is -0.492 e. The second kappa shape index (κ2) is 8.82. The Morgan fingerprint density at radius 2 is 1.83 bits per heavy atom. The highest BCUT2D eigenvalue weighted by Gasteiger charge is 2.15. The summed E-state index contributed by atoms with van der Waals surface area (Å²) in [6, 6.07) is 14.5. The Kier molecular flexibility index (Phi) is 6.20. The highest BCUT2D eigenvalue weighted by atomic mass is 16.6. The fourth-order valence-electron chi connectivity index (χ4n) is 2.92. The molecule has 2 N–H and O–H groups in total. The first-order chi connectivity index (χ1) is 14.2. The SMILES string of the molecule is CC(C)(C)OC(=O)NCCOc1cccc(-c2ccc3c(C(=O)O)ccnc3c2)c1. The van der Waals surface area contributed by atoms with Crippen LogP contribution < -0.4 is 10.1 Å². The predicted octanol–water partition coefficient (Wildman–Crippen LogP) is 4.50. The molecular formula is C23H24N2O5. The van der Waals surface area contributed by atoms with Gasteiger partial charge in [-0.25, -0.2) is 9.59 Å². The molecule has 30 heavy (non-hydrogen) atoms. The van der Waals surface area contributed by atoms with E-state index in [1.54, 1.807) is 26.8 Å². The van der Waals surface area contributed by atoms with Gasteiger partial charge >= 0.3 is 12.1 Å². The van der Waals surface area contributed by atoms with Crippen molar-refractivity contribution in [3.05, 3.63) is 60.3 Å². The number of carboxylic acids is 1. The molecule has 0 saturated heterocycles. The number of alkyl carbamates (subject to hydrolysis) is 1. The van der Waals surface area contributed by atoms with E-state index in [0.717, 1.165) is 11.1 Å². The molecule has 0 fully saturated rings. The number of rotatable bonds is 6. The van der Waals surface area contributed by atoms with Gasteiger partial charge in [0.25, 0.3) is 0 Å². The van der Waals surface area contributed by atoms with Gasteiger partial charge in [-0.2, -0.15) is 0 Å². The second-order valence-corrected chi connectivity index (χ2v) is 7.70. The molecule has 1 heterocycles. The zero-order valence-corrected chi connectivity index (χ0v) is 17.1. The number of hydrogen-bond acceptors (Lipinski definition) is 5. The van der Waals surface area contributed by atoms with Crippen LogP contribution in [0.25, 0.3) is 22.0 Å². The van der Waals surface area contributed by atoms with Gasteiger partial charge in [0, 0.05) is 11.6 Å². The van der Waals surface area contributed by atoms with Crippen LogP contribution in [0.15, 0.2) is 54.7 Å². The highest BCUT2D eigenvalue weighted by molar-refractivity contribution is 6.03. The van der Waals surface area contributed by atoms with Gasteiger partial charge in [-0.05, 0) is 56.2 Å². The van der Waals surface area contributed by atoms with Gasteiger partial charge in [-0.3, -0.25) is 4.98 Å². The molecule has 2 aromatic carbocycles. The maximum Gasteiger partial charge on any atom is 0.407 e.